The van der Waals surface area contributed by atoms with E-state index in [-0.39, 0.29) is 0 Å². The molecule has 0 aliphatic rings. The zero-order valence-corrected chi connectivity index (χ0v) is 10.4. The molecular formula is C9H12AuClN2. The van der Waals surface area contributed by atoms with Gasteiger partial charge in [0.2, 0.25) is 0 Å². The van der Waals surface area contributed by atoms with E-state index in [4.69, 9.17) is 0 Å². The molecule has 76 valence electrons. The number of aryl methyl sites for hydroxylation is 1. The second kappa shape index (κ2) is 8.60. The number of anilines is 1. The van der Waals surface area contributed by atoms with Gasteiger partial charge in [-0.05, 0) is 26.1 Å². The van der Waals surface area contributed by atoms with Crippen LogP contribution in [0.15, 0.2) is 24.3 Å². The second-order valence-electron chi connectivity index (χ2n) is 2.37. The molecule has 1 rings (SSSR count). The Balaban J connectivity index is 0.000000671. The van der Waals surface area contributed by atoms with Crippen molar-refractivity contribution in [3.8, 4) is 0 Å². The van der Waals surface area contributed by atoms with Gasteiger partial charge in [-0.25, -0.2) is 0 Å². The third-order valence-corrected chi connectivity index (χ3v) is 1.38. The molecule has 4 heteroatoms. The molecule has 0 aliphatic carbocycles. The molecule has 0 aromatic heterocycles. The Kier molecular flexibility index (Phi) is 8.61. The fraction of sp³-hybridized carbons (Fsp3) is 0.222. The molecule has 0 spiro atoms. The summed E-state index contributed by atoms with van der Waals surface area (Å²) in [6.45, 7) is 4.85. The van der Waals surface area contributed by atoms with Gasteiger partial charge < -0.3 is 5.32 Å². The van der Waals surface area contributed by atoms with Gasteiger partial charge >= 0.3 is 29.2 Å². The number of nitrogens with one attached hydrogen (secondary N) is 2. The van der Waals surface area contributed by atoms with Crippen LogP contribution in [0.5, 0.6) is 0 Å². The van der Waals surface area contributed by atoms with Crippen LogP contribution in [0.1, 0.15) is 5.56 Å². The summed E-state index contributed by atoms with van der Waals surface area (Å²) < 4.78 is 0. The van der Waals surface area contributed by atoms with Crippen molar-refractivity contribution in [3.05, 3.63) is 36.5 Å². The fourth-order valence-electron chi connectivity index (χ4n) is 0.772. The Morgan fingerprint density at radius 3 is 2.23 bits per heavy atom. The van der Waals surface area contributed by atoms with Crippen molar-refractivity contribution in [2.45, 2.75) is 6.92 Å². The van der Waals surface area contributed by atoms with Gasteiger partial charge in [-0.2, -0.15) is 0 Å². The van der Waals surface area contributed by atoms with E-state index < -0.39 is 0 Å². The molecule has 2 radical (unpaired) electrons. The predicted molar refractivity (Wildman–Crippen MR) is 53.0 cm³/mol. The van der Waals surface area contributed by atoms with Crippen molar-refractivity contribution in [1.29, 1.82) is 0 Å². The van der Waals surface area contributed by atoms with Crippen LogP contribution in [0.2, 0.25) is 0 Å². The summed E-state index contributed by atoms with van der Waals surface area (Å²) in [5.74, 6) is 0. The first-order valence-corrected chi connectivity index (χ1v) is 6.37. The van der Waals surface area contributed by atoms with Crippen molar-refractivity contribution >= 4 is 14.9 Å². The third-order valence-electron chi connectivity index (χ3n) is 1.38. The van der Waals surface area contributed by atoms with Gasteiger partial charge in [0.15, 0.2) is 6.67 Å². The van der Waals surface area contributed by atoms with E-state index in [0.717, 1.165) is 5.69 Å². The van der Waals surface area contributed by atoms with Gasteiger partial charge in [-0.1, -0.05) is 17.7 Å². The van der Waals surface area contributed by atoms with E-state index >= 15 is 0 Å². The van der Waals surface area contributed by atoms with Crippen LogP contribution in [-0.2, 0) is 20.0 Å². The first-order chi connectivity index (χ1) is 6.33. The van der Waals surface area contributed by atoms with Crippen LogP contribution in [-0.4, -0.2) is 7.05 Å². The van der Waals surface area contributed by atoms with Crippen molar-refractivity contribution in [2.75, 3.05) is 12.4 Å². The number of rotatable bonds is 3. The summed E-state index contributed by atoms with van der Waals surface area (Å²) in [6, 6.07) is 8.14. The van der Waals surface area contributed by atoms with Crippen LogP contribution in [0.25, 0.3) is 0 Å². The molecule has 0 heterocycles. The van der Waals surface area contributed by atoms with Crippen molar-refractivity contribution < 1.29 is 20.0 Å². The summed E-state index contributed by atoms with van der Waals surface area (Å²) in [7, 11) is 6.39. The quantitative estimate of drug-likeness (QED) is 0.621. The predicted octanol–water partition coefficient (Wildman–Crippen LogP) is 2.31. The molecule has 2 nitrogen and oxygen atoms in total. The van der Waals surface area contributed by atoms with Gasteiger partial charge in [0.05, 0.1) is 0 Å². The molecule has 13 heavy (non-hydrogen) atoms. The standard InChI is InChI=1S/C9H12N2.Au.ClH/c1-8-3-5-9(6-4-8)11-7-10-2;;/h3-6,10-11H,1-2H3;;1H/q;+1;/p-1. The topological polar surface area (TPSA) is 24.1 Å². The number of benzene rings is 1. The van der Waals surface area contributed by atoms with Crippen molar-refractivity contribution in [3.63, 3.8) is 0 Å². The SMILES string of the molecule is CN[C]Nc1ccc(C)cc1.[Cl][Au]. The Bertz CT molecular complexity index is 213. The maximum absolute atomic E-state index is 4.58. The van der Waals surface area contributed by atoms with E-state index in [1.807, 2.05) is 12.1 Å². The number of halogens is 1. The molecule has 1 aromatic rings. The monoisotopic (exact) mass is 380 g/mol. The summed E-state index contributed by atoms with van der Waals surface area (Å²) >= 11 is 1.75. The average molecular weight is 381 g/mol. The maximum atomic E-state index is 4.58. The van der Waals surface area contributed by atoms with Gasteiger partial charge in [0, 0.05) is 5.69 Å². The minimum atomic E-state index is 1.05. The number of hydrogen-bond donors (Lipinski definition) is 2. The van der Waals surface area contributed by atoms with E-state index in [1.165, 1.54) is 5.56 Å². The molecule has 0 aliphatic heterocycles. The zero-order chi connectivity index (χ0) is 10.1. The molecule has 0 saturated carbocycles. The van der Waals surface area contributed by atoms with E-state index in [9.17, 15) is 0 Å². The van der Waals surface area contributed by atoms with Crippen LogP contribution >= 0.6 is 9.19 Å². The molecular weight excluding hydrogens is 369 g/mol. The van der Waals surface area contributed by atoms with Crippen LogP contribution < -0.4 is 10.6 Å². The first-order valence-electron chi connectivity index (χ1n) is 3.69. The van der Waals surface area contributed by atoms with Crippen LogP contribution in [0.4, 0.5) is 5.69 Å². The Morgan fingerprint density at radius 1 is 1.23 bits per heavy atom. The molecule has 2 N–H and O–H groups in total. The first kappa shape index (κ1) is 13.0. The molecule has 0 unspecified atom stereocenters. The van der Waals surface area contributed by atoms with Gasteiger partial charge in [-0.15, -0.1) is 0 Å². The average Bonchev–Trinajstić information content (AvgIpc) is 2.20. The van der Waals surface area contributed by atoms with Gasteiger partial charge in [0.25, 0.3) is 0 Å². The fourth-order valence-corrected chi connectivity index (χ4v) is 0.772. The Morgan fingerprint density at radius 2 is 1.77 bits per heavy atom. The molecule has 1 aromatic carbocycles. The van der Waals surface area contributed by atoms with Crippen LogP contribution in [0.3, 0.4) is 0 Å². The van der Waals surface area contributed by atoms with E-state index in [0.29, 0.717) is 0 Å². The van der Waals surface area contributed by atoms with Gasteiger partial charge in [0.1, 0.15) is 0 Å². The molecule has 0 amide bonds. The molecule has 0 fully saturated rings. The van der Waals surface area contributed by atoms with E-state index in [2.05, 4.69) is 45.5 Å². The number of hydrogen-bond acceptors (Lipinski definition) is 2. The summed E-state index contributed by atoms with van der Waals surface area (Å²) in [5, 5.41) is 5.73. The second-order valence-corrected chi connectivity index (χ2v) is 2.37. The zero-order valence-electron chi connectivity index (χ0n) is 7.49. The molecule has 0 atom stereocenters. The minimum absolute atomic E-state index is 1.05. The Labute approximate surface area is 95.8 Å². The summed E-state index contributed by atoms with van der Waals surface area (Å²) in [5.41, 5.74) is 2.31. The van der Waals surface area contributed by atoms with Gasteiger partial charge in [-0.3, -0.25) is 5.32 Å². The Hall–Kier alpha value is 0.0103. The molecule has 0 bridgehead atoms. The van der Waals surface area contributed by atoms with Crippen molar-refractivity contribution in [1.82, 2.24) is 5.32 Å². The summed E-state index contributed by atoms with van der Waals surface area (Å²) in [6.07, 6.45) is 0. The van der Waals surface area contributed by atoms with Crippen molar-refractivity contribution in [2.24, 2.45) is 0 Å². The normalized spacial score (nSPS) is 8.69. The van der Waals surface area contributed by atoms with Crippen LogP contribution in [0, 0.1) is 13.6 Å². The molecule has 0 saturated heterocycles. The third kappa shape index (κ3) is 6.13. The van der Waals surface area contributed by atoms with E-state index in [1.54, 1.807) is 27.0 Å². The summed E-state index contributed by atoms with van der Waals surface area (Å²) in [4.78, 5) is 0.